The van der Waals surface area contributed by atoms with Gasteiger partial charge < -0.3 is 31.3 Å². The minimum absolute atomic E-state index is 0.0208. The standard InChI is InChI=1S/C37H55ClF2N6O8S/c1-35(2,3)25(19-45-14-9-15-55(45,53)54)43-34(52)44-29(36(4,5)6)32(49)46-18-22-27(37(22,7)8)28(46)31(48)42-24(17-26(39)40)30(47)41-13-12-20-10-11-21(33(50)51)16-23(20)38/h10-11,16,22,24-29H,9,12-15,17-19H2,1-8H3,(H,41,47)(H,42,48)(H,50,51)(H2,43,44,52)/t22?,24?,25-,27?,28?,29-/m1/s1. The first kappa shape index (κ1) is 44.1. The third kappa shape index (κ3) is 10.4. The Morgan fingerprint density at radius 2 is 1.67 bits per heavy atom. The number of aromatic carboxylic acids is 1. The molecular weight excluding hydrogens is 762 g/mol. The number of halogens is 3. The molecule has 0 bridgehead atoms. The van der Waals surface area contributed by atoms with Crippen molar-refractivity contribution in [3.05, 3.63) is 34.3 Å². The molecule has 4 rings (SSSR count). The van der Waals surface area contributed by atoms with Crippen molar-refractivity contribution in [1.29, 1.82) is 0 Å². The lowest BCUT2D eigenvalue weighted by Gasteiger charge is -2.39. The summed E-state index contributed by atoms with van der Waals surface area (Å²) in [4.78, 5) is 67.8. The van der Waals surface area contributed by atoms with Crippen molar-refractivity contribution in [2.75, 3.05) is 31.9 Å². The van der Waals surface area contributed by atoms with Gasteiger partial charge in [0, 0.05) is 43.7 Å². The first-order chi connectivity index (χ1) is 25.2. The van der Waals surface area contributed by atoms with E-state index in [-0.39, 0.29) is 59.6 Å². The Morgan fingerprint density at radius 1 is 1.02 bits per heavy atom. The fourth-order valence-electron chi connectivity index (χ4n) is 7.59. The number of sulfonamides is 1. The second kappa shape index (κ2) is 16.5. The van der Waals surface area contributed by atoms with E-state index in [1.54, 1.807) is 20.8 Å². The molecule has 14 nitrogen and oxygen atoms in total. The number of nitrogens with zero attached hydrogens (tertiary/aromatic N) is 2. The summed E-state index contributed by atoms with van der Waals surface area (Å²) in [6.45, 7) is 15.3. The van der Waals surface area contributed by atoms with Crippen molar-refractivity contribution in [2.45, 2.75) is 105 Å². The Hall–Kier alpha value is -3.57. The number of amides is 5. The lowest BCUT2D eigenvalue weighted by molar-refractivity contribution is -0.144. The predicted molar refractivity (Wildman–Crippen MR) is 202 cm³/mol. The number of carbonyl (C=O) groups excluding carboxylic acids is 4. The quantitative estimate of drug-likeness (QED) is 0.188. The molecule has 4 unspecified atom stereocenters. The van der Waals surface area contributed by atoms with Crippen LogP contribution in [0.2, 0.25) is 5.02 Å². The van der Waals surface area contributed by atoms with E-state index >= 15 is 0 Å². The highest BCUT2D eigenvalue weighted by atomic mass is 35.5. The van der Waals surface area contributed by atoms with E-state index < -0.39 is 87.6 Å². The number of carbonyl (C=O) groups is 5. The van der Waals surface area contributed by atoms with E-state index in [1.807, 2.05) is 34.6 Å². The van der Waals surface area contributed by atoms with Gasteiger partial charge in [-0.2, -0.15) is 4.31 Å². The first-order valence-electron chi connectivity index (χ1n) is 18.5. The molecule has 1 aromatic carbocycles. The summed E-state index contributed by atoms with van der Waals surface area (Å²) in [5.74, 6) is -3.73. The van der Waals surface area contributed by atoms with E-state index in [1.165, 1.54) is 27.4 Å². The van der Waals surface area contributed by atoms with Crippen LogP contribution < -0.4 is 21.3 Å². The van der Waals surface area contributed by atoms with E-state index in [0.29, 0.717) is 18.5 Å². The summed E-state index contributed by atoms with van der Waals surface area (Å²) in [7, 11) is -3.44. The fourth-order valence-corrected chi connectivity index (χ4v) is 9.40. The molecule has 1 aliphatic carbocycles. The summed E-state index contributed by atoms with van der Waals surface area (Å²) < 4.78 is 54.0. The molecule has 55 heavy (non-hydrogen) atoms. The van der Waals surface area contributed by atoms with Gasteiger partial charge in [-0.3, -0.25) is 14.4 Å². The molecule has 308 valence electrons. The summed E-state index contributed by atoms with van der Waals surface area (Å²) in [5, 5.41) is 20.0. The van der Waals surface area contributed by atoms with Crippen LogP contribution in [0, 0.1) is 28.1 Å². The number of hydrogen-bond acceptors (Lipinski definition) is 7. The van der Waals surface area contributed by atoms with Crippen LogP contribution in [0.5, 0.6) is 0 Å². The molecule has 5 amide bonds. The Balaban J connectivity index is 1.48. The van der Waals surface area contributed by atoms with Crippen molar-refractivity contribution >= 4 is 51.3 Å². The molecule has 2 saturated heterocycles. The number of likely N-dealkylation sites (tertiary alicyclic amines) is 1. The van der Waals surface area contributed by atoms with Gasteiger partial charge >= 0.3 is 12.0 Å². The molecular formula is C37H55ClF2N6O8S. The van der Waals surface area contributed by atoms with E-state index in [4.69, 9.17) is 16.7 Å². The molecule has 2 heterocycles. The zero-order chi connectivity index (χ0) is 41.4. The minimum Gasteiger partial charge on any atom is -0.478 e. The van der Waals surface area contributed by atoms with E-state index in [2.05, 4.69) is 21.3 Å². The Morgan fingerprint density at radius 3 is 2.20 bits per heavy atom. The van der Waals surface area contributed by atoms with Crippen LogP contribution >= 0.6 is 11.6 Å². The molecule has 1 saturated carbocycles. The number of hydrogen-bond donors (Lipinski definition) is 5. The number of urea groups is 1. The molecule has 0 radical (unpaired) electrons. The number of carboxylic acids is 1. The number of piperidine rings is 1. The van der Waals surface area contributed by atoms with Crippen LogP contribution in [0.1, 0.15) is 84.2 Å². The normalized spacial score (nSPS) is 23.3. The van der Waals surface area contributed by atoms with Gasteiger partial charge in [0.05, 0.1) is 11.3 Å². The number of fused-ring (bicyclic) bond motifs is 1. The third-order valence-electron chi connectivity index (χ3n) is 11.1. The van der Waals surface area contributed by atoms with Gasteiger partial charge in [0.1, 0.15) is 18.1 Å². The Labute approximate surface area is 326 Å². The van der Waals surface area contributed by atoms with Crippen LogP contribution in [0.15, 0.2) is 18.2 Å². The van der Waals surface area contributed by atoms with Gasteiger partial charge in [-0.05, 0) is 58.6 Å². The average Bonchev–Trinajstić information content (AvgIpc) is 3.34. The van der Waals surface area contributed by atoms with Crippen molar-refractivity contribution in [3.63, 3.8) is 0 Å². The van der Waals surface area contributed by atoms with Crippen molar-refractivity contribution in [2.24, 2.45) is 28.1 Å². The first-order valence-corrected chi connectivity index (χ1v) is 20.5. The summed E-state index contributed by atoms with van der Waals surface area (Å²) in [6.07, 6.45) is -3.28. The minimum atomic E-state index is -3.44. The molecule has 18 heteroatoms. The Bertz CT molecular complexity index is 1770. The molecule has 1 aromatic rings. The SMILES string of the molecule is CC1(C)C2CN(C(=O)[C@@H](NC(=O)N[C@H](CN3CCCS3(=O)=O)C(C)(C)C)C(C)(C)C)C(C(=O)NC(CC(F)F)C(=O)NCCc3ccc(C(=O)O)cc3Cl)C21. The largest absolute Gasteiger partial charge is 0.478 e. The maximum atomic E-state index is 14.4. The highest BCUT2D eigenvalue weighted by molar-refractivity contribution is 7.89. The molecule has 3 fully saturated rings. The fraction of sp³-hybridized carbons (Fsp3) is 0.703. The van der Waals surface area contributed by atoms with Crippen molar-refractivity contribution in [3.8, 4) is 0 Å². The van der Waals surface area contributed by atoms with Crippen LogP contribution in [0.4, 0.5) is 13.6 Å². The van der Waals surface area contributed by atoms with Crippen LogP contribution in [0.3, 0.4) is 0 Å². The van der Waals surface area contributed by atoms with Gasteiger partial charge in [0.25, 0.3) is 0 Å². The summed E-state index contributed by atoms with van der Waals surface area (Å²) in [5.41, 5.74) is -1.27. The maximum absolute atomic E-state index is 14.4. The number of alkyl halides is 2. The lowest BCUT2D eigenvalue weighted by Crippen LogP contribution is -2.62. The number of rotatable bonds is 14. The number of nitrogens with one attached hydrogen (secondary N) is 4. The monoisotopic (exact) mass is 816 g/mol. The van der Waals surface area contributed by atoms with Crippen LogP contribution in [-0.4, -0.2) is 115 Å². The molecule has 0 aromatic heterocycles. The van der Waals surface area contributed by atoms with Gasteiger partial charge in [-0.15, -0.1) is 0 Å². The van der Waals surface area contributed by atoms with Gasteiger partial charge in [0.2, 0.25) is 34.2 Å². The van der Waals surface area contributed by atoms with E-state index in [0.717, 1.165) is 0 Å². The summed E-state index contributed by atoms with van der Waals surface area (Å²) in [6, 6.07) is -1.08. The smallest absolute Gasteiger partial charge is 0.335 e. The zero-order valence-corrected chi connectivity index (χ0v) is 34.2. The maximum Gasteiger partial charge on any atom is 0.335 e. The number of benzene rings is 1. The van der Waals surface area contributed by atoms with Gasteiger partial charge in [-0.1, -0.05) is 73.1 Å². The van der Waals surface area contributed by atoms with Crippen LogP contribution in [0.25, 0.3) is 0 Å². The number of carboxylic acid groups (broad SMARTS) is 1. The van der Waals surface area contributed by atoms with E-state index in [9.17, 15) is 41.2 Å². The van der Waals surface area contributed by atoms with Gasteiger partial charge in [-0.25, -0.2) is 26.8 Å². The summed E-state index contributed by atoms with van der Waals surface area (Å²) >= 11 is 6.19. The topological polar surface area (TPSA) is 194 Å². The predicted octanol–water partition coefficient (Wildman–Crippen LogP) is 3.48. The molecule has 6 atom stereocenters. The second-order valence-corrected chi connectivity index (χ2v) is 20.1. The highest BCUT2D eigenvalue weighted by Gasteiger charge is 2.70. The zero-order valence-electron chi connectivity index (χ0n) is 32.7. The lowest BCUT2D eigenvalue weighted by atomic mass is 9.85. The molecule has 3 aliphatic rings. The highest BCUT2D eigenvalue weighted by Crippen LogP contribution is 2.65. The molecule has 0 spiro atoms. The van der Waals surface area contributed by atoms with Crippen LogP contribution in [-0.2, 0) is 30.8 Å². The molecule has 2 aliphatic heterocycles. The molecule has 5 N–H and O–H groups in total. The van der Waals surface area contributed by atoms with Crippen molar-refractivity contribution in [1.82, 2.24) is 30.5 Å². The van der Waals surface area contributed by atoms with Gasteiger partial charge in [0.15, 0.2) is 0 Å². The van der Waals surface area contributed by atoms with Crippen molar-refractivity contribution < 1.29 is 46.3 Å². The Kier molecular flexibility index (Phi) is 13.2. The second-order valence-electron chi connectivity index (χ2n) is 17.6. The average molecular weight is 817 g/mol. The third-order valence-corrected chi connectivity index (χ3v) is 13.4.